The van der Waals surface area contributed by atoms with Gasteiger partial charge in [0.2, 0.25) is 5.88 Å². The first-order valence-corrected chi connectivity index (χ1v) is 11.7. The summed E-state index contributed by atoms with van der Waals surface area (Å²) in [5.41, 5.74) is -0.317. The number of halogens is 6. The summed E-state index contributed by atoms with van der Waals surface area (Å²) in [4.78, 5) is 15.4. The number of carboxylic acids is 1. The topological polar surface area (TPSA) is 59.4 Å². The number of aliphatic carboxylic acids is 1. The van der Waals surface area contributed by atoms with Gasteiger partial charge in [-0.05, 0) is 52.8 Å². The smallest absolute Gasteiger partial charge is 0.416 e. The van der Waals surface area contributed by atoms with Crippen molar-refractivity contribution < 1.29 is 41.0 Å². The molecule has 3 aliphatic rings. The highest BCUT2D eigenvalue weighted by molar-refractivity contribution is 5.77. The van der Waals surface area contributed by atoms with Crippen molar-refractivity contribution in [3.05, 3.63) is 93.4 Å². The molecule has 0 bridgehead atoms. The second-order valence-electron chi connectivity index (χ2n) is 9.84. The molecule has 1 heterocycles. The average molecular weight is 519 g/mol. The molecule has 1 unspecified atom stereocenters. The molecule has 0 saturated heterocycles. The van der Waals surface area contributed by atoms with Crippen molar-refractivity contribution in [2.45, 2.75) is 43.4 Å². The van der Waals surface area contributed by atoms with Crippen LogP contribution in [0.25, 0.3) is 0 Å². The highest BCUT2D eigenvalue weighted by Crippen LogP contribution is 2.61. The number of ether oxygens (including phenoxy) is 1. The summed E-state index contributed by atoms with van der Waals surface area (Å²) in [6, 6.07) is 8.06. The average Bonchev–Trinajstić information content (AvgIpc) is 3.33. The van der Waals surface area contributed by atoms with E-state index in [0.29, 0.717) is 12.5 Å². The molecule has 1 N–H and O–H groups in total. The Morgan fingerprint density at radius 3 is 2.59 bits per heavy atom. The number of nitrogens with zero attached hydrogens (tertiary/aromatic N) is 1. The minimum atomic E-state index is -4.73. The standard InChI is InChI=1S/C27H19F6NO3/c28-21-8-20-15(17(9-26(20,29)30)14-3-1-2-4-19(14)27(31,32)33)6-13(21)11-37-22-7-12-5-16-23(18(12)10-34-22)24(16)25(35)36/h1-4,6-8,10,16-17,23-24H,5,9,11H2,(H,35,36)/t16-,17?,23-,24+/m1/s1. The second-order valence-corrected chi connectivity index (χ2v) is 9.84. The number of fused-ring (bicyclic) bond motifs is 4. The van der Waals surface area contributed by atoms with Gasteiger partial charge in [0.25, 0.3) is 5.92 Å². The predicted octanol–water partition coefficient (Wildman–Crippen LogP) is 6.42. The lowest BCUT2D eigenvalue weighted by atomic mass is 9.88. The minimum Gasteiger partial charge on any atom is -0.481 e. The van der Waals surface area contributed by atoms with Crippen LogP contribution in [-0.2, 0) is 29.9 Å². The van der Waals surface area contributed by atoms with Crippen LogP contribution in [0.4, 0.5) is 26.3 Å². The number of carboxylic acid groups (broad SMARTS) is 1. The van der Waals surface area contributed by atoms with E-state index in [1.165, 1.54) is 18.2 Å². The molecule has 4 atom stereocenters. The molecule has 3 aromatic rings. The highest BCUT2D eigenvalue weighted by atomic mass is 19.4. The van der Waals surface area contributed by atoms with Gasteiger partial charge in [-0.1, -0.05) is 18.2 Å². The lowest BCUT2D eigenvalue weighted by Gasteiger charge is -2.19. The lowest BCUT2D eigenvalue weighted by molar-refractivity contribution is -0.139. The van der Waals surface area contributed by atoms with Crippen molar-refractivity contribution in [1.82, 2.24) is 4.98 Å². The molecule has 1 saturated carbocycles. The number of hydrogen-bond acceptors (Lipinski definition) is 3. The van der Waals surface area contributed by atoms with Gasteiger partial charge in [-0.15, -0.1) is 0 Å². The summed E-state index contributed by atoms with van der Waals surface area (Å²) < 4.78 is 90.8. The number of rotatable bonds is 5. The van der Waals surface area contributed by atoms with Crippen LogP contribution in [0.3, 0.4) is 0 Å². The van der Waals surface area contributed by atoms with E-state index in [0.717, 1.165) is 23.3 Å². The molecule has 1 aromatic heterocycles. The monoisotopic (exact) mass is 519 g/mol. The van der Waals surface area contributed by atoms with Gasteiger partial charge in [-0.3, -0.25) is 4.79 Å². The summed E-state index contributed by atoms with van der Waals surface area (Å²) in [6.07, 6.45) is -3.52. The number of carbonyl (C=O) groups is 1. The van der Waals surface area contributed by atoms with Gasteiger partial charge >= 0.3 is 12.1 Å². The van der Waals surface area contributed by atoms with Crippen LogP contribution in [-0.4, -0.2) is 16.1 Å². The molecular formula is C27H19F6NO3. The molecule has 0 radical (unpaired) electrons. The number of hydrogen-bond donors (Lipinski definition) is 1. The van der Waals surface area contributed by atoms with E-state index in [1.54, 1.807) is 12.3 Å². The van der Waals surface area contributed by atoms with Gasteiger partial charge < -0.3 is 9.84 Å². The van der Waals surface area contributed by atoms with Crippen LogP contribution in [0.2, 0.25) is 0 Å². The van der Waals surface area contributed by atoms with Crippen LogP contribution in [0.15, 0.2) is 48.7 Å². The molecule has 2 aromatic carbocycles. The maximum Gasteiger partial charge on any atom is 0.416 e. The Hall–Kier alpha value is -3.56. The quantitative estimate of drug-likeness (QED) is 0.396. The lowest BCUT2D eigenvalue weighted by Crippen LogP contribution is -2.13. The summed E-state index contributed by atoms with van der Waals surface area (Å²) in [5, 5.41) is 9.24. The minimum absolute atomic E-state index is 0.0249. The molecule has 3 aliphatic carbocycles. The van der Waals surface area contributed by atoms with Gasteiger partial charge in [-0.25, -0.2) is 18.2 Å². The fraction of sp³-hybridized carbons (Fsp3) is 0.333. The van der Waals surface area contributed by atoms with Crippen molar-refractivity contribution in [2.24, 2.45) is 11.8 Å². The molecule has 6 rings (SSSR count). The third-order valence-electron chi connectivity index (χ3n) is 7.73. The van der Waals surface area contributed by atoms with Gasteiger partial charge in [0.05, 0.1) is 11.5 Å². The van der Waals surface area contributed by atoms with Gasteiger partial charge in [0.15, 0.2) is 0 Å². The number of aromatic nitrogens is 1. The molecule has 4 nitrogen and oxygen atoms in total. The zero-order chi connectivity index (χ0) is 26.3. The normalized spacial score (nSPS) is 24.8. The van der Waals surface area contributed by atoms with Gasteiger partial charge in [-0.2, -0.15) is 13.2 Å². The van der Waals surface area contributed by atoms with Crippen molar-refractivity contribution >= 4 is 5.97 Å². The Balaban J connectivity index is 1.28. The largest absolute Gasteiger partial charge is 0.481 e. The zero-order valence-corrected chi connectivity index (χ0v) is 19.0. The number of pyridine rings is 1. The Morgan fingerprint density at radius 1 is 1.11 bits per heavy atom. The van der Waals surface area contributed by atoms with E-state index in [2.05, 4.69) is 4.98 Å². The van der Waals surface area contributed by atoms with Crippen LogP contribution >= 0.6 is 0 Å². The number of alkyl halides is 5. The van der Waals surface area contributed by atoms with Gasteiger partial charge in [0.1, 0.15) is 12.4 Å². The predicted molar refractivity (Wildman–Crippen MR) is 118 cm³/mol. The zero-order valence-electron chi connectivity index (χ0n) is 19.0. The van der Waals surface area contributed by atoms with Crippen molar-refractivity contribution in [1.29, 1.82) is 0 Å². The van der Waals surface area contributed by atoms with Crippen LogP contribution in [0.1, 0.15) is 57.2 Å². The molecule has 10 heteroatoms. The molecule has 192 valence electrons. The Labute approximate surface area is 206 Å². The Kier molecular flexibility index (Phi) is 5.13. The van der Waals surface area contributed by atoms with Gasteiger partial charge in [0, 0.05) is 41.6 Å². The number of benzene rings is 2. The van der Waals surface area contributed by atoms with Crippen LogP contribution < -0.4 is 4.74 Å². The van der Waals surface area contributed by atoms with E-state index in [1.807, 2.05) is 0 Å². The first-order valence-electron chi connectivity index (χ1n) is 11.7. The van der Waals surface area contributed by atoms with E-state index >= 15 is 0 Å². The van der Waals surface area contributed by atoms with Crippen molar-refractivity contribution in [2.75, 3.05) is 0 Å². The summed E-state index contributed by atoms with van der Waals surface area (Å²) >= 11 is 0. The van der Waals surface area contributed by atoms with E-state index < -0.39 is 53.3 Å². The Morgan fingerprint density at radius 2 is 1.86 bits per heavy atom. The molecule has 0 aliphatic heterocycles. The van der Waals surface area contributed by atoms with E-state index in [-0.39, 0.29) is 41.0 Å². The first-order chi connectivity index (χ1) is 17.5. The van der Waals surface area contributed by atoms with Crippen molar-refractivity contribution in [3.8, 4) is 5.88 Å². The van der Waals surface area contributed by atoms with E-state index in [9.17, 15) is 36.2 Å². The molecule has 0 amide bonds. The Bertz CT molecular complexity index is 1440. The van der Waals surface area contributed by atoms with Crippen molar-refractivity contribution in [3.63, 3.8) is 0 Å². The van der Waals surface area contributed by atoms with Crippen LogP contribution in [0, 0.1) is 17.7 Å². The summed E-state index contributed by atoms with van der Waals surface area (Å²) in [6.45, 7) is -0.366. The second kappa shape index (κ2) is 7.97. The fourth-order valence-electron chi connectivity index (χ4n) is 6.00. The maximum absolute atomic E-state index is 14.8. The molecule has 1 fully saturated rings. The third-order valence-corrected chi connectivity index (χ3v) is 7.73. The summed E-state index contributed by atoms with van der Waals surface area (Å²) in [5.74, 6) is -6.84. The summed E-state index contributed by atoms with van der Waals surface area (Å²) in [7, 11) is 0. The SMILES string of the molecule is O=C(O)[C@H]1[C@@H]2Cc3cc(OCc4cc5c(cc4F)C(F)(F)CC5c4ccccc4C(F)(F)F)ncc3[C@@H]21. The molecule has 37 heavy (non-hydrogen) atoms. The molecule has 0 spiro atoms. The fourth-order valence-corrected chi connectivity index (χ4v) is 6.00. The molecular weight excluding hydrogens is 500 g/mol. The highest BCUT2D eigenvalue weighted by Gasteiger charge is 2.60. The van der Waals surface area contributed by atoms with E-state index in [4.69, 9.17) is 4.74 Å². The maximum atomic E-state index is 14.8. The third kappa shape index (κ3) is 3.84. The first kappa shape index (κ1) is 23.8. The van der Waals surface area contributed by atoms with Crippen LogP contribution in [0.5, 0.6) is 5.88 Å².